The molecule has 16 nitrogen and oxygen atoms in total. The highest BCUT2D eigenvalue weighted by Gasteiger charge is 2.43. The third-order valence-electron chi connectivity index (χ3n) is 4.22. The van der Waals surface area contributed by atoms with Gasteiger partial charge >= 0.3 is 12.1 Å². The van der Waals surface area contributed by atoms with Gasteiger partial charge in [-0.05, 0) is 33.6 Å². The number of nitrogens with one attached hydrogen (secondary N) is 3. The van der Waals surface area contributed by atoms with Gasteiger partial charge in [0.2, 0.25) is 5.96 Å². The summed E-state index contributed by atoms with van der Waals surface area (Å²) in [5.41, 5.74) is 6.37. The van der Waals surface area contributed by atoms with Crippen LogP contribution in [-0.4, -0.2) is 99.2 Å². The maximum absolute atomic E-state index is 12.5. The van der Waals surface area contributed by atoms with Gasteiger partial charge in [-0.1, -0.05) is 0 Å². The van der Waals surface area contributed by atoms with Crippen molar-refractivity contribution in [1.82, 2.24) is 10.7 Å². The van der Waals surface area contributed by atoms with Crippen LogP contribution in [0.15, 0.2) is 4.99 Å². The van der Waals surface area contributed by atoms with Gasteiger partial charge in [0.15, 0.2) is 6.29 Å². The maximum atomic E-state index is 12.5. The van der Waals surface area contributed by atoms with Crippen LogP contribution in [0.2, 0.25) is 0 Å². The first kappa shape index (κ1) is 28.7. The molecule has 1 saturated heterocycles. The van der Waals surface area contributed by atoms with Crippen molar-refractivity contribution in [3.05, 3.63) is 5.21 Å². The standard InChI is InChI=1S/C17H33N5O11/c1-17(2,3)33-16(28)20-8(5-4-6-19-15(18)21-22(29)30)13(26)31-7-9-10(23)11(24)12(25)14(27)32-9/h8-12,14,22-25,27,29H,4-7H2,1-3H3,(H,20,28)(H3,18,19,21)/t8-,9+,10+,11+,12+,14+/m1/s1. The van der Waals surface area contributed by atoms with E-state index in [2.05, 4.69) is 10.3 Å². The van der Waals surface area contributed by atoms with E-state index in [1.54, 1.807) is 20.8 Å². The quantitative estimate of drug-likeness (QED) is 0.0494. The zero-order valence-corrected chi connectivity index (χ0v) is 18.5. The van der Waals surface area contributed by atoms with Gasteiger partial charge in [0.1, 0.15) is 42.7 Å². The molecule has 1 rings (SSSR count). The highest BCUT2D eigenvalue weighted by molar-refractivity contribution is 5.81. The first-order valence-corrected chi connectivity index (χ1v) is 10.0. The lowest BCUT2D eigenvalue weighted by atomic mass is 9.99. The van der Waals surface area contributed by atoms with E-state index in [0.29, 0.717) is 0 Å². The summed E-state index contributed by atoms with van der Waals surface area (Å²) in [6.45, 7) is 4.30. The van der Waals surface area contributed by atoms with Crippen molar-refractivity contribution >= 4 is 18.0 Å². The molecule has 0 bridgehead atoms. The Morgan fingerprint density at radius 3 is 2.42 bits per heavy atom. The van der Waals surface area contributed by atoms with Crippen molar-refractivity contribution in [3.8, 4) is 0 Å². The molecule has 0 aromatic heterocycles. The average Bonchev–Trinajstić information content (AvgIpc) is 2.68. The van der Waals surface area contributed by atoms with E-state index in [0.717, 1.165) is 0 Å². The van der Waals surface area contributed by atoms with Gasteiger partial charge in [-0.25, -0.2) is 14.6 Å². The lowest BCUT2D eigenvalue weighted by Crippen LogP contribution is -3.13. The third-order valence-corrected chi connectivity index (χ3v) is 4.22. The molecular weight excluding hydrogens is 450 g/mol. The van der Waals surface area contributed by atoms with Crippen LogP contribution in [0.4, 0.5) is 4.79 Å². The van der Waals surface area contributed by atoms with Crippen LogP contribution < -0.4 is 21.8 Å². The number of guanidine groups is 1. The largest absolute Gasteiger partial charge is 0.574 e. The predicted molar refractivity (Wildman–Crippen MR) is 108 cm³/mol. The molecule has 1 unspecified atom stereocenters. The van der Waals surface area contributed by atoms with E-state index in [1.165, 1.54) is 0 Å². The Kier molecular flexibility index (Phi) is 11.1. The number of ether oxygens (including phenoxy) is 3. The number of quaternary nitrogens is 1. The predicted octanol–water partition coefficient (Wildman–Crippen LogP) is -4.41. The number of aliphatic imine (C=N–C) groups is 1. The van der Waals surface area contributed by atoms with Crippen molar-refractivity contribution in [2.75, 3.05) is 13.2 Å². The number of amides is 1. The molecule has 33 heavy (non-hydrogen) atoms. The van der Waals surface area contributed by atoms with Crippen LogP contribution in [0, 0.1) is 5.21 Å². The molecule has 1 aliphatic heterocycles. The van der Waals surface area contributed by atoms with Crippen molar-refractivity contribution in [3.63, 3.8) is 0 Å². The zero-order chi connectivity index (χ0) is 25.3. The minimum absolute atomic E-state index is 0.0000307. The first-order valence-electron chi connectivity index (χ1n) is 10.0. The lowest BCUT2D eigenvalue weighted by molar-refractivity contribution is -1.08. The minimum atomic E-state index is -1.80. The number of alkyl carbamates (subject to hydrolysis) is 1. The molecule has 0 saturated carbocycles. The molecule has 192 valence electrons. The number of aliphatic hydroxyl groups excluding tert-OH is 4. The van der Waals surface area contributed by atoms with E-state index >= 15 is 0 Å². The summed E-state index contributed by atoms with van der Waals surface area (Å²) < 4.78 is 15.1. The molecule has 1 heterocycles. The average molecular weight is 483 g/mol. The van der Waals surface area contributed by atoms with Crippen LogP contribution in [-0.2, 0) is 19.0 Å². The summed E-state index contributed by atoms with van der Waals surface area (Å²) in [6.07, 6.45) is -8.96. The molecule has 10 N–H and O–H groups in total. The van der Waals surface area contributed by atoms with E-state index in [9.17, 15) is 35.2 Å². The van der Waals surface area contributed by atoms with E-state index < -0.39 is 66.4 Å². The molecule has 16 heteroatoms. The molecule has 0 aromatic carbocycles. The Morgan fingerprint density at radius 2 is 1.85 bits per heavy atom. The Bertz CT molecular complexity index is 672. The Hall–Kier alpha value is -2.31. The van der Waals surface area contributed by atoms with Gasteiger partial charge in [-0.2, -0.15) is 10.6 Å². The zero-order valence-electron chi connectivity index (χ0n) is 18.5. The van der Waals surface area contributed by atoms with E-state index in [1.807, 2.05) is 5.43 Å². The molecule has 0 radical (unpaired) electrons. The number of nitrogens with zero attached hydrogens (tertiary/aromatic N) is 1. The number of nitrogens with two attached hydrogens (primary N) is 1. The molecule has 1 amide bonds. The summed E-state index contributed by atoms with van der Waals surface area (Å²) in [6, 6.07) is -1.22. The molecule has 0 spiro atoms. The highest BCUT2D eigenvalue weighted by atomic mass is 16.8. The lowest BCUT2D eigenvalue weighted by Gasteiger charge is -2.38. The number of carbonyl (C=O) groups excluding carboxylic acids is 2. The summed E-state index contributed by atoms with van der Waals surface area (Å²) in [7, 11) is 0. The number of hydrogen-bond acceptors (Lipinski definition) is 12. The fourth-order valence-electron chi connectivity index (χ4n) is 2.68. The second-order valence-corrected chi connectivity index (χ2v) is 8.21. The number of rotatable bonds is 9. The van der Waals surface area contributed by atoms with Crippen LogP contribution in [0.3, 0.4) is 0 Å². The number of hydrogen-bond donors (Lipinski definition) is 9. The van der Waals surface area contributed by atoms with E-state index in [4.69, 9.17) is 25.2 Å². The fourth-order valence-corrected chi connectivity index (χ4v) is 2.68. The topological polar surface area (TPSA) is 253 Å². The van der Waals surface area contributed by atoms with Crippen molar-refractivity contribution in [1.29, 1.82) is 0 Å². The maximum Gasteiger partial charge on any atom is 0.408 e. The summed E-state index contributed by atoms with van der Waals surface area (Å²) in [5, 5.41) is 58.7. The molecule has 7 atom stereocenters. The van der Waals surface area contributed by atoms with Gasteiger partial charge in [-0.3, -0.25) is 0 Å². The van der Waals surface area contributed by atoms with Crippen LogP contribution >= 0.6 is 0 Å². The monoisotopic (exact) mass is 483 g/mol. The Balaban J connectivity index is 2.72. The van der Waals surface area contributed by atoms with E-state index in [-0.39, 0.29) is 25.3 Å². The summed E-state index contributed by atoms with van der Waals surface area (Å²) in [4.78, 5) is 28.4. The van der Waals surface area contributed by atoms with Gasteiger partial charge < -0.3 is 50.9 Å². The Morgan fingerprint density at radius 1 is 1.21 bits per heavy atom. The molecular formula is C17H33N5O11. The van der Waals surface area contributed by atoms with Gasteiger partial charge in [0.25, 0.3) is 0 Å². The second kappa shape index (κ2) is 12.8. The SMILES string of the molecule is CC(C)(C)OC(=O)N[C@H](CCCN=C(N)N[NH+]([O-])O)C(=O)OC[C@@H]1O[C@H](O)[C@@H](O)[C@@H](O)[C@H]1O. The first-order chi connectivity index (χ1) is 15.2. The Labute approximate surface area is 189 Å². The molecule has 1 fully saturated rings. The van der Waals surface area contributed by atoms with Crippen molar-refractivity contribution < 1.29 is 54.8 Å². The summed E-state index contributed by atoms with van der Waals surface area (Å²) in [5.74, 6) is -1.28. The number of esters is 1. The van der Waals surface area contributed by atoms with Gasteiger partial charge in [-0.15, -0.1) is 5.34 Å². The number of carbonyl (C=O) groups is 2. The fraction of sp³-hybridized carbons (Fsp3) is 0.824. The van der Waals surface area contributed by atoms with Crippen LogP contribution in [0.25, 0.3) is 0 Å². The minimum Gasteiger partial charge on any atom is -0.574 e. The molecule has 0 aliphatic carbocycles. The van der Waals surface area contributed by atoms with Crippen molar-refractivity contribution in [2.24, 2.45) is 10.7 Å². The normalized spacial score (nSPS) is 27.9. The third kappa shape index (κ3) is 10.4. The number of aliphatic hydroxyl groups is 4. The molecule has 1 aliphatic rings. The second-order valence-electron chi connectivity index (χ2n) is 8.21. The van der Waals surface area contributed by atoms with Crippen LogP contribution in [0.5, 0.6) is 0 Å². The smallest absolute Gasteiger partial charge is 0.408 e. The van der Waals surface area contributed by atoms with Crippen molar-refractivity contribution in [2.45, 2.75) is 76.0 Å². The highest BCUT2D eigenvalue weighted by Crippen LogP contribution is 2.20. The molecule has 0 aromatic rings. The van der Waals surface area contributed by atoms with Crippen LogP contribution in [0.1, 0.15) is 33.6 Å². The summed E-state index contributed by atoms with van der Waals surface area (Å²) >= 11 is 0. The van der Waals surface area contributed by atoms with Gasteiger partial charge in [0.05, 0.1) is 0 Å². The van der Waals surface area contributed by atoms with Gasteiger partial charge in [0, 0.05) is 6.54 Å².